The molecule has 0 radical (unpaired) electrons. The largest absolute Gasteiger partial charge is 1.00 e. The molecule has 3 heteroatoms. The third-order valence-electron chi connectivity index (χ3n) is 2.54. The minimum atomic E-state index is -0.0631. The molecule has 0 atom stereocenters. The van der Waals surface area contributed by atoms with E-state index in [0.717, 1.165) is 0 Å². The van der Waals surface area contributed by atoms with Gasteiger partial charge in [-0.25, -0.2) is 0 Å². The Kier molecular flexibility index (Phi) is 7.34. The van der Waals surface area contributed by atoms with Crippen molar-refractivity contribution in [3.8, 4) is 0 Å². The molecule has 0 aromatic heterocycles. The van der Waals surface area contributed by atoms with Crippen LogP contribution in [-0.2, 0) is 19.2 Å². The first-order chi connectivity index (χ1) is 6.77. The summed E-state index contributed by atoms with van der Waals surface area (Å²) in [6, 6.07) is 6.62. The van der Waals surface area contributed by atoms with Crippen molar-refractivity contribution in [3.63, 3.8) is 0 Å². The Bertz CT molecular complexity index is 388. The molecule has 1 aromatic carbocycles. The van der Waals surface area contributed by atoms with Crippen LogP contribution in [0.3, 0.4) is 0 Å². The molecular weight excluding hydrogens is 275 g/mol. The van der Waals surface area contributed by atoms with Gasteiger partial charge in [0.15, 0.2) is 0 Å². The van der Waals surface area contributed by atoms with Crippen molar-refractivity contribution in [2.24, 2.45) is 0 Å². The summed E-state index contributed by atoms with van der Waals surface area (Å²) in [6.07, 6.45) is 7.93. The number of hydrogen-bond acceptors (Lipinski definition) is 0. The molecule has 0 saturated heterocycles. The Labute approximate surface area is 119 Å². The average molecular weight is 289 g/mol. The van der Waals surface area contributed by atoms with E-state index in [4.69, 9.17) is 0 Å². The second-order valence-corrected chi connectivity index (χ2v) is 5.89. The van der Waals surface area contributed by atoms with Crippen LogP contribution in [0.5, 0.6) is 0 Å². The van der Waals surface area contributed by atoms with Crippen LogP contribution in [0.15, 0.2) is 40.3 Å². The zero-order valence-electron chi connectivity index (χ0n) is 9.43. The van der Waals surface area contributed by atoms with Crippen LogP contribution in [0, 0.1) is 13.8 Å². The molecule has 1 aromatic rings. The van der Waals surface area contributed by atoms with E-state index in [1.165, 1.54) is 17.5 Å². The van der Waals surface area contributed by atoms with E-state index >= 15 is 0 Å². The van der Waals surface area contributed by atoms with Gasteiger partial charge in [-0.15, -0.1) is 0 Å². The van der Waals surface area contributed by atoms with Crippen molar-refractivity contribution in [1.82, 2.24) is 0 Å². The van der Waals surface area contributed by atoms with Crippen LogP contribution in [0.25, 0.3) is 0 Å². The Balaban J connectivity index is 0.00000112. The third kappa shape index (κ3) is 3.78. The predicted octanol–water partition coefficient (Wildman–Crippen LogP) is -3.14. The van der Waals surface area contributed by atoms with Gasteiger partial charge in [0, 0.05) is 0 Å². The molecule has 0 nitrogen and oxygen atoms in total. The number of halogens is 2. The van der Waals surface area contributed by atoms with E-state index < -0.39 is 0 Å². The molecule has 1 aliphatic rings. The summed E-state index contributed by atoms with van der Waals surface area (Å²) in [4.78, 5) is 0. The van der Waals surface area contributed by atoms with Gasteiger partial charge in [0.05, 0.1) is 0 Å². The second-order valence-electron chi connectivity index (χ2n) is 3.72. The molecule has 16 heavy (non-hydrogen) atoms. The van der Waals surface area contributed by atoms with Gasteiger partial charge in [-0.05, 0) is 0 Å². The normalized spacial score (nSPS) is 12.2. The van der Waals surface area contributed by atoms with E-state index in [9.17, 15) is 0 Å². The minimum Gasteiger partial charge on any atom is -1.00 e. The van der Waals surface area contributed by atoms with E-state index in [0.29, 0.717) is 0 Å². The molecule has 0 fully saturated rings. The molecule has 0 unspecified atom stereocenters. The van der Waals surface area contributed by atoms with Crippen LogP contribution in [0.4, 0.5) is 0 Å². The van der Waals surface area contributed by atoms with Crippen LogP contribution >= 0.6 is 0 Å². The summed E-state index contributed by atoms with van der Waals surface area (Å²) >= 11 is -0.0631. The molecule has 84 valence electrons. The Morgan fingerprint density at radius 2 is 1.69 bits per heavy atom. The summed E-state index contributed by atoms with van der Waals surface area (Å²) in [7, 11) is 0. The zero-order valence-corrected chi connectivity index (χ0v) is 12.5. The van der Waals surface area contributed by atoms with E-state index in [-0.39, 0.29) is 44.0 Å². The van der Waals surface area contributed by atoms with Crippen LogP contribution in [0.1, 0.15) is 17.5 Å². The molecule has 2 rings (SSSR count). The fourth-order valence-corrected chi connectivity index (χ4v) is 3.71. The molecule has 0 spiro atoms. The molecule has 0 saturated carbocycles. The van der Waals surface area contributed by atoms with Gasteiger partial charge in [0.1, 0.15) is 0 Å². The SMILES string of the molecule is Cc1cccc(C)[c]1[Ti+2][C]1=CC=CC1.[Cl-].[Cl-]. The molecule has 0 amide bonds. The maximum absolute atomic E-state index is 2.30. The van der Waals surface area contributed by atoms with Crippen LogP contribution in [-0.4, -0.2) is 0 Å². The zero-order chi connectivity index (χ0) is 9.97. The van der Waals surface area contributed by atoms with Crippen molar-refractivity contribution in [2.75, 3.05) is 0 Å². The predicted molar refractivity (Wildman–Crippen MR) is 57.4 cm³/mol. The Morgan fingerprint density at radius 3 is 2.19 bits per heavy atom. The van der Waals surface area contributed by atoms with Gasteiger partial charge in [-0.2, -0.15) is 0 Å². The third-order valence-corrected chi connectivity index (χ3v) is 5.24. The van der Waals surface area contributed by atoms with Gasteiger partial charge in [-0.3, -0.25) is 0 Å². The number of hydrogen-bond donors (Lipinski definition) is 0. The smallest absolute Gasteiger partial charge is 1.00 e. The molecule has 0 aliphatic heterocycles. The molecule has 0 heterocycles. The summed E-state index contributed by atoms with van der Waals surface area (Å²) in [5.41, 5.74) is 2.94. The molecule has 0 N–H and O–H groups in total. The summed E-state index contributed by atoms with van der Waals surface area (Å²) < 4.78 is 3.28. The summed E-state index contributed by atoms with van der Waals surface area (Å²) in [5.74, 6) is 0. The molecule has 1 aliphatic carbocycles. The summed E-state index contributed by atoms with van der Waals surface area (Å²) in [5, 5.41) is 0. The minimum absolute atomic E-state index is 0. The quantitative estimate of drug-likeness (QED) is 0.505. The van der Waals surface area contributed by atoms with Crippen molar-refractivity contribution in [3.05, 3.63) is 51.4 Å². The summed E-state index contributed by atoms with van der Waals surface area (Å²) in [6.45, 7) is 4.46. The maximum atomic E-state index is 2.30. The first-order valence-corrected chi connectivity index (χ1v) is 6.52. The fourth-order valence-electron chi connectivity index (χ4n) is 1.71. The fraction of sp³-hybridized carbons (Fsp3) is 0.231. The van der Waals surface area contributed by atoms with Crippen LogP contribution < -0.4 is 28.7 Å². The Morgan fingerprint density at radius 1 is 1.06 bits per heavy atom. The topological polar surface area (TPSA) is 0 Å². The maximum Gasteiger partial charge on any atom is -1.00 e. The van der Waals surface area contributed by atoms with Crippen molar-refractivity contribution in [1.29, 1.82) is 0 Å². The average Bonchev–Trinajstić information content (AvgIpc) is 2.64. The number of allylic oxidation sites excluding steroid dienone is 4. The first-order valence-electron chi connectivity index (χ1n) is 4.96. The van der Waals surface area contributed by atoms with E-state index in [1.54, 1.807) is 7.75 Å². The van der Waals surface area contributed by atoms with Gasteiger partial charge < -0.3 is 24.8 Å². The van der Waals surface area contributed by atoms with Gasteiger partial charge in [0.2, 0.25) is 0 Å². The molecule has 0 bridgehead atoms. The van der Waals surface area contributed by atoms with Crippen molar-refractivity contribution in [2.45, 2.75) is 20.3 Å². The molecular formula is C13H14Cl2Ti. The van der Waals surface area contributed by atoms with E-state index in [1.807, 2.05) is 0 Å². The number of aryl methyl sites for hydroxylation is 2. The Hall–Kier alpha value is -0.00571. The van der Waals surface area contributed by atoms with Crippen molar-refractivity contribution < 1.29 is 44.0 Å². The second kappa shape index (κ2) is 7.35. The van der Waals surface area contributed by atoms with Crippen molar-refractivity contribution >= 4 is 3.87 Å². The number of rotatable bonds is 2. The van der Waals surface area contributed by atoms with Gasteiger partial charge >= 0.3 is 94.7 Å². The standard InChI is InChI=1S/C8H9.C5H5.2ClH.Ti/c1-7-4-3-5-8(2)6-7;1-2-4-5-3-1;;;/h3-5H,1-2H3;1-3H,4H2;2*1H;/q;;;;+2/p-2. The van der Waals surface area contributed by atoms with Crippen LogP contribution in [0.2, 0.25) is 0 Å². The monoisotopic (exact) mass is 288 g/mol. The number of benzene rings is 1. The van der Waals surface area contributed by atoms with Gasteiger partial charge in [-0.1, -0.05) is 0 Å². The van der Waals surface area contributed by atoms with Gasteiger partial charge in [0.25, 0.3) is 0 Å². The first kappa shape index (κ1) is 16.0. The van der Waals surface area contributed by atoms with E-state index in [2.05, 4.69) is 50.3 Å².